The van der Waals surface area contributed by atoms with E-state index in [1.807, 2.05) is 6.92 Å². The van der Waals surface area contributed by atoms with Gasteiger partial charge < -0.3 is 11.1 Å². The second kappa shape index (κ2) is 5.61. The number of anilines is 2. The van der Waals surface area contributed by atoms with Crippen LogP contribution in [0.5, 0.6) is 0 Å². The highest BCUT2D eigenvalue weighted by Gasteiger charge is 2.22. The van der Waals surface area contributed by atoms with Crippen LogP contribution in [0.15, 0.2) is 0 Å². The minimum Gasteiger partial charge on any atom is -0.368 e. The van der Waals surface area contributed by atoms with Crippen molar-refractivity contribution in [1.82, 2.24) is 9.97 Å². The standard InChI is InChI=1S/C11H19N5O2/c1-6(2)5-7(3)13-10-9(16(17)18)8(4)14-11(12)15-10/h6-7H,5H2,1-4H3,(H3,12,13,14,15). The minimum atomic E-state index is -0.487. The first-order valence-electron chi connectivity index (χ1n) is 5.86. The van der Waals surface area contributed by atoms with Crippen molar-refractivity contribution >= 4 is 17.5 Å². The third-order valence-electron chi connectivity index (χ3n) is 2.47. The molecule has 1 rings (SSSR count). The van der Waals surface area contributed by atoms with Gasteiger partial charge in [-0.05, 0) is 26.2 Å². The van der Waals surface area contributed by atoms with Gasteiger partial charge in [-0.3, -0.25) is 10.1 Å². The van der Waals surface area contributed by atoms with E-state index in [1.165, 1.54) is 0 Å². The van der Waals surface area contributed by atoms with E-state index in [-0.39, 0.29) is 29.2 Å². The van der Waals surface area contributed by atoms with Gasteiger partial charge in [0, 0.05) is 6.04 Å². The van der Waals surface area contributed by atoms with E-state index in [0.29, 0.717) is 5.92 Å². The minimum absolute atomic E-state index is 0.0392. The Hall–Kier alpha value is -1.92. The molecule has 1 aromatic rings. The number of nitrogens with zero attached hydrogens (tertiary/aromatic N) is 3. The second-order valence-corrected chi connectivity index (χ2v) is 4.80. The SMILES string of the molecule is Cc1nc(N)nc(NC(C)CC(C)C)c1[N+](=O)[O-]. The summed E-state index contributed by atoms with van der Waals surface area (Å²) in [5.41, 5.74) is 5.68. The first-order valence-corrected chi connectivity index (χ1v) is 5.86. The number of hydrogen-bond donors (Lipinski definition) is 2. The smallest absolute Gasteiger partial charge is 0.332 e. The van der Waals surface area contributed by atoms with Gasteiger partial charge in [0.2, 0.25) is 11.8 Å². The van der Waals surface area contributed by atoms with Crippen LogP contribution in [-0.2, 0) is 0 Å². The molecule has 1 aromatic heterocycles. The molecule has 100 valence electrons. The van der Waals surface area contributed by atoms with E-state index in [0.717, 1.165) is 6.42 Å². The van der Waals surface area contributed by atoms with Crippen molar-refractivity contribution in [3.8, 4) is 0 Å². The van der Waals surface area contributed by atoms with E-state index in [1.54, 1.807) is 6.92 Å². The van der Waals surface area contributed by atoms with Crippen molar-refractivity contribution in [2.75, 3.05) is 11.1 Å². The maximum Gasteiger partial charge on any atom is 0.332 e. The monoisotopic (exact) mass is 253 g/mol. The number of nitrogen functional groups attached to an aromatic ring is 1. The van der Waals surface area contributed by atoms with Crippen LogP contribution in [0.3, 0.4) is 0 Å². The largest absolute Gasteiger partial charge is 0.368 e. The number of nitrogens with two attached hydrogens (primary N) is 1. The van der Waals surface area contributed by atoms with Gasteiger partial charge in [0.25, 0.3) is 0 Å². The zero-order chi connectivity index (χ0) is 13.9. The molecule has 0 aliphatic carbocycles. The van der Waals surface area contributed by atoms with Crippen molar-refractivity contribution < 1.29 is 4.92 Å². The van der Waals surface area contributed by atoms with Crippen LogP contribution >= 0.6 is 0 Å². The summed E-state index contributed by atoms with van der Waals surface area (Å²) < 4.78 is 0. The Balaban J connectivity index is 3.03. The lowest BCUT2D eigenvalue weighted by molar-refractivity contribution is -0.385. The molecule has 0 aromatic carbocycles. The van der Waals surface area contributed by atoms with Crippen LogP contribution in [0.1, 0.15) is 32.9 Å². The molecule has 0 aliphatic rings. The fourth-order valence-corrected chi connectivity index (χ4v) is 1.91. The van der Waals surface area contributed by atoms with Crippen molar-refractivity contribution in [3.05, 3.63) is 15.8 Å². The van der Waals surface area contributed by atoms with Gasteiger partial charge >= 0.3 is 5.69 Å². The molecule has 0 radical (unpaired) electrons. The van der Waals surface area contributed by atoms with Gasteiger partial charge in [-0.25, -0.2) is 4.98 Å². The van der Waals surface area contributed by atoms with Crippen molar-refractivity contribution in [1.29, 1.82) is 0 Å². The van der Waals surface area contributed by atoms with Gasteiger partial charge in [-0.1, -0.05) is 13.8 Å². The summed E-state index contributed by atoms with van der Waals surface area (Å²) in [5.74, 6) is 0.724. The lowest BCUT2D eigenvalue weighted by Crippen LogP contribution is -2.20. The fraction of sp³-hybridized carbons (Fsp3) is 0.636. The fourth-order valence-electron chi connectivity index (χ4n) is 1.91. The number of aryl methyl sites for hydroxylation is 1. The summed E-state index contributed by atoms with van der Waals surface area (Å²) in [4.78, 5) is 18.2. The van der Waals surface area contributed by atoms with Gasteiger partial charge in [0.15, 0.2) is 0 Å². The van der Waals surface area contributed by atoms with E-state index in [2.05, 4.69) is 29.1 Å². The van der Waals surface area contributed by atoms with Crippen molar-refractivity contribution in [2.45, 2.75) is 40.2 Å². The molecule has 1 unspecified atom stereocenters. The van der Waals surface area contributed by atoms with Crippen LogP contribution in [-0.4, -0.2) is 20.9 Å². The van der Waals surface area contributed by atoms with Crippen molar-refractivity contribution in [2.24, 2.45) is 5.92 Å². The molecule has 3 N–H and O–H groups in total. The molecule has 7 nitrogen and oxygen atoms in total. The Morgan fingerprint density at radius 1 is 1.39 bits per heavy atom. The number of hydrogen-bond acceptors (Lipinski definition) is 6. The Kier molecular flexibility index (Phi) is 4.41. The maximum atomic E-state index is 11.0. The molecule has 0 saturated heterocycles. The van der Waals surface area contributed by atoms with E-state index in [4.69, 9.17) is 5.73 Å². The Morgan fingerprint density at radius 2 is 2.00 bits per heavy atom. The number of rotatable bonds is 5. The lowest BCUT2D eigenvalue weighted by atomic mass is 10.1. The van der Waals surface area contributed by atoms with Gasteiger partial charge in [0.05, 0.1) is 4.92 Å². The van der Waals surface area contributed by atoms with E-state index in [9.17, 15) is 10.1 Å². The Labute approximate surface area is 106 Å². The maximum absolute atomic E-state index is 11.0. The summed E-state index contributed by atoms with van der Waals surface area (Å²) >= 11 is 0. The highest BCUT2D eigenvalue weighted by molar-refractivity contribution is 5.60. The quantitative estimate of drug-likeness (QED) is 0.614. The summed E-state index contributed by atoms with van der Waals surface area (Å²) in [6.07, 6.45) is 0.889. The number of nitrogens with one attached hydrogen (secondary N) is 1. The molecule has 1 atom stereocenters. The summed E-state index contributed by atoms with van der Waals surface area (Å²) in [6.45, 7) is 7.68. The molecule has 7 heteroatoms. The molecule has 1 heterocycles. The third kappa shape index (κ3) is 3.54. The summed E-state index contributed by atoms with van der Waals surface area (Å²) in [7, 11) is 0. The molecular formula is C11H19N5O2. The van der Waals surface area contributed by atoms with E-state index >= 15 is 0 Å². The molecule has 0 spiro atoms. The molecule has 0 fully saturated rings. The average molecular weight is 253 g/mol. The van der Waals surface area contributed by atoms with Gasteiger partial charge in [-0.15, -0.1) is 0 Å². The molecule has 18 heavy (non-hydrogen) atoms. The van der Waals surface area contributed by atoms with Gasteiger partial charge in [0.1, 0.15) is 5.69 Å². The van der Waals surface area contributed by atoms with Crippen LogP contribution in [0.4, 0.5) is 17.5 Å². The number of aromatic nitrogens is 2. The first kappa shape index (κ1) is 14.1. The average Bonchev–Trinajstić information content (AvgIpc) is 2.12. The molecule has 0 bridgehead atoms. The topological polar surface area (TPSA) is 107 Å². The molecule has 0 aliphatic heterocycles. The van der Waals surface area contributed by atoms with E-state index < -0.39 is 4.92 Å². The summed E-state index contributed by atoms with van der Waals surface area (Å²) in [6, 6.07) is 0.0809. The predicted octanol–water partition coefficient (Wildman–Crippen LogP) is 2.12. The number of nitro groups is 1. The first-order chi connectivity index (χ1) is 8.31. The normalized spacial score (nSPS) is 12.5. The zero-order valence-electron chi connectivity index (χ0n) is 11.1. The van der Waals surface area contributed by atoms with Crippen LogP contribution in [0.25, 0.3) is 0 Å². The molecule has 0 saturated carbocycles. The molecule has 0 amide bonds. The lowest BCUT2D eigenvalue weighted by Gasteiger charge is -2.16. The molecular weight excluding hydrogens is 234 g/mol. The van der Waals surface area contributed by atoms with Crippen LogP contribution in [0, 0.1) is 23.0 Å². The van der Waals surface area contributed by atoms with Crippen LogP contribution < -0.4 is 11.1 Å². The highest BCUT2D eigenvalue weighted by Crippen LogP contribution is 2.26. The van der Waals surface area contributed by atoms with Crippen molar-refractivity contribution in [3.63, 3.8) is 0 Å². The van der Waals surface area contributed by atoms with Gasteiger partial charge in [-0.2, -0.15) is 4.98 Å². The predicted molar refractivity (Wildman–Crippen MR) is 70.4 cm³/mol. The third-order valence-corrected chi connectivity index (χ3v) is 2.47. The zero-order valence-corrected chi connectivity index (χ0v) is 11.1. The second-order valence-electron chi connectivity index (χ2n) is 4.80. The van der Waals surface area contributed by atoms with Crippen LogP contribution in [0.2, 0.25) is 0 Å². The summed E-state index contributed by atoms with van der Waals surface area (Å²) in [5, 5.41) is 14.0. The Morgan fingerprint density at radius 3 is 2.50 bits per heavy atom. The Bertz CT molecular complexity index is 447. The highest BCUT2D eigenvalue weighted by atomic mass is 16.6.